The normalized spacial score (nSPS) is 16.4. The Hall–Kier alpha value is -1.33. The molecule has 0 bridgehead atoms. The first-order valence-electron chi connectivity index (χ1n) is 6.03. The predicted octanol–water partition coefficient (Wildman–Crippen LogP) is 2.90. The van der Waals surface area contributed by atoms with Gasteiger partial charge in [0.05, 0.1) is 11.9 Å². The first kappa shape index (κ1) is 11.7. The highest BCUT2D eigenvalue weighted by Gasteiger charge is 2.20. The van der Waals surface area contributed by atoms with Crippen molar-refractivity contribution in [2.75, 3.05) is 25.1 Å². The zero-order valence-electron chi connectivity index (χ0n) is 10.2. The van der Waals surface area contributed by atoms with Crippen molar-refractivity contribution in [3.8, 4) is 11.3 Å². The van der Waals surface area contributed by atoms with Gasteiger partial charge in [0.1, 0.15) is 0 Å². The lowest BCUT2D eigenvalue weighted by molar-refractivity contribution is 0.377. The number of benzene rings is 1. The van der Waals surface area contributed by atoms with Crippen LogP contribution in [0.3, 0.4) is 0 Å². The highest BCUT2D eigenvalue weighted by molar-refractivity contribution is 9.10. The summed E-state index contributed by atoms with van der Waals surface area (Å²) in [6.45, 7) is 2.12. The van der Waals surface area contributed by atoms with E-state index in [1.807, 2.05) is 18.3 Å². The lowest BCUT2D eigenvalue weighted by Gasteiger charge is -2.22. The van der Waals surface area contributed by atoms with Crippen molar-refractivity contribution in [2.24, 2.45) is 0 Å². The molecule has 1 saturated heterocycles. The lowest BCUT2D eigenvalue weighted by Crippen LogP contribution is -2.33. The monoisotopic (exact) mass is 306 g/mol. The standard InChI is InChI=1S/C13H15BrN4/c1-17-7-2-8-18(17)13-15-9-12(16-13)10-3-5-11(14)6-4-10/h3-6,9H,2,7-8H2,1H3,(H,15,16). The predicted molar refractivity (Wildman–Crippen MR) is 76.3 cm³/mol. The van der Waals surface area contributed by atoms with Gasteiger partial charge in [0.25, 0.3) is 0 Å². The molecule has 0 atom stereocenters. The van der Waals surface area contributed by atoms with Gasteiger partial charge in [-0.15, -0.1) is 0 Å². The molecule has 1 fully saturated rings. The fourth-order valence-corrected chi connectivity index (χ4v) is 2.49. The Kier molecular flexibility index (Phi) is 3.09. The summed E-state index contributed by atoms with van der Waals surface area (Å²) < 4.78 is 1.09. The van der Waals surface area contributed by atoms with Crippen LogP contribution in [0.5, 0.6) is 0 Å². The Balaban J connectivity index is 1.87. The third kappa shape index (κ3) is 2.15. The van der Waals surface area contributed by atoms with Crippen LogP contribution in [0.15, 0.2) is 34.9 Å². The summed E-state index contributed by atoms with van der Waals surface area (Å²) >= 11 is 3.44. The van der Waals surface area contributed by atoms with Gasteiger partial charge < -0.3 is 4.98 Å². The van der Waals surface area contributed by atoms with Gasteiger partial charge >= 0.3 is 0 Å². The maximum Gasteiger partial charge on any atom is 0.218 e. The number of halogens is 1. The summed E-state index contributed by atoms with van der Waals surface area (Å²) in [6.07, 6.45) is 3.08. The second kappa shape index (κ2) is 4.74. The molecule has 0 unspecified atom stereocenters. The third-order valence-electron chi connectivity index (χ3n) is 3.23. The van der Waals surface area contributed by atoms with E-state index in [2.05, 4.69) is 55.1 Å². The van der Waals surface area contributed by atoms with Gasteiger partial charge in [-0.2, -0.15) is 0 Å². The highest BCUT2D eigenvalue weighted by Crippen LogP contribution is 2.24. The Morgan fingerprint density at radius 1 is 1.22 bits per heavy atom. The molecule has 1 aliphatic heterocycles. The quantitative estimate of drug-likeness (QED) is 0.926. The van der Waals surface area contributed by atoms with Crippen molar-refractivity contribution in [1.29, 1.82) is 0 Å². The van der Waals surface area contributed by atoms with Crippen molar-refractivity contribution in [3.05, 3.63) is 34.9 Å². The van der Waals surface area contributed by atoms with Gasteiger partial charge in [-0.3, -0.25) is 5.01 Å². The summed E-state index contributed by atoms with van der Waals surface area (Å²) in [5.41, 5.74) is 2.21. The summed E-state index contributed by atoms with van der Waals surface area (Å²) in [7, 11) is 2.09. The Morgan fingerprint density at radius 2 is 2.00 bits per heavy atom. The van der Waals surface area contributed by atoms with E-state index >= 15 is 0 Å². The van der Waals surface area contributed by atoms with E-state index in [0.29, 0.717) is 0 Å². The Labute approximate surface area is 115 Å². The van der Waals surface area contributed by atoms with Gasteiger partial charge in [-0.1, -0.05) is 28.1 Å². The number of hydrogen-bond acceptors (Lipinski definition) is 3. The number of imidazole rings is 1. The lowest BCUT2D eigenvalue weighted by atomic mass is 10.2. The van der Waals surface area contributed by atoms with E-state index < -0.39 is 0 Å². The largest absolute Gasteiger partial charge is 0.323 e. The molecule has 0 spiro atoms. The molecule has 0 aliphatic carbocycles. The number of anilines is 1. The fraction of sp³-hybridized carbons (Fsp3) is 0.308. The van der Waals surface area contributed by atoms with Crippen LogP contribution in [-0.4, -0.2) is 35.1 Å². The van der Waals surface area contributed by atoms with Crippen LogP contribution in [0.25, 0.3) is 11.3 Å². The smallest absolute Gasteiger partial charge is 0.218 e. The summed E-state index contributed by atoms with van der Waals surface area (Å²) in [5.74, 6) is 0.924. The molecule has 4 nitrogen and oxygen atoms in total. The molecule has 0 saturated carbocycles. The van der Waals surface area contributed by atoms with Crippen molar-refractivity contribution in [3.63, 3.8) is 0 Å². The Morgan fingerprint density at radius 3 is 2.67 bits per heavy atom. The summed E-state index contributed by atoms with van der Waals surface area (Å²) in [5, 5.41) is 4.38. The van der Waals surface area contributed by atoms with E-state index in [-0.39, 0.29) is 0 Å². The average Bonchev–Trinajstić information content (AvgIpc) is 2.98. The molecule has 1 aliphatic rings. The molecule has 2 aromatic rings. The number of hydrazine groups is 1. The van der Waals surface area contributed by atoms with E-state index in [1.165, 1.54) is 6.42 Å². The van der Waals surface area contributed by atoms with Crippen LogP contribution in [0, 0.1) is 0 Å². The van der Waals surface area contributed by atoms with Crippen molar-refractivity contribution < 1.29 is 0 Å². The molecule has 5 heteroatoms. The SMILES string of the molecule is CN1CCCN1c1ncc(-c2ccc(Br)cc2)[nH]1. The molecule has 2 heterocycles. The fourth-order valence-electron chi connectivity index (χ4n) is 2.23. The number of hydrogen-bond donors (Lipinski definition) is 1. The molecule has 3 rings (SSSR count). The number of nitrogens with one attached hydrogen (secondary N) is 1. The van der Waals surface area contributed by atoms with Crippen molar-refractivity contribution in [2.45, 2.75) is 6.42 Å². The molecular weight excluding hydrogens is 292 g/mol. The summed E-state index contributed by atoms with van der Waals surface area (Å²) in [4.78, 5) is 7.84. The molecular formula is C13H15BrN4. The first-order chi connectivity index (χ1) is 8.74. The minimum Gasteiger partial charge on any atom is -0.323 e. The molecule has 0 radical (unpaired) electrons. The van der Waals surface area contributed by atoms with Crippen LogP contribution in [0.1, 0.15) is 6.42 Å². The minimum atomic E-state index is 0.924. The molecule has 0 amide bonds. The number of aromatic nitrogens is 2. The first-order valence-corrected chi connectivity index (χ1v) is 6.83. The highest BCUT2D eigenvalue weighted by atomic mass is 79.9. The minimum absolute atomic E-state index is 0.924. The molecule has 94 valence electrons. The van der Waals surface area contributed by atoms with Crippen LogP contribution in [-0.2, 0) is 0 Å². The zero-order chi connectivity index (χ0) is 12.5. The van der Waals surface area contributed by atoms with E-state index in [0.717, 1.165) is 34.8 Å². The van der Waals surface area contributed by atoms with Crippen LogP contribution >= 0.6 is 15.9 Å². The van der Waals surface area contributed by atoms with Crippen LogP contribution < -0.4 is 5.01 Å². The Bertz CT molecular complexity index is 534. The van der Waals surface area contributed by atoms with E-state index in [1.54, 1.807) is 0 Å². The number of nitrogens with zero attached hydrogens (tertiary/aromatic N) is 3. The number of aromatic amines is 1. The average molecular weight is 307 g/mol. The van der Waals surface area contributed by atoms with E-state index in [4.69, 9.17) is 0 Å². The van der Waals surface area contributed by atoms with Crippen LogP contribution in [0.2, 0.25) is 0 Å². The summed E-state index contributed by atoms with van der Waals surface area (Å²) in [6, 6.07) is 8.24. The van der Waals surface area contributed by atoms with Gasteiger partial charge in [0.15, 0.2) is 0 Å². The van der Waals surface area contributed by atoms with Gasteiger partial charge in [0, 0.05) is 24.6 Å². The van der Waals surface area contributed by atoms with Crippen LogP contribution in [0.4, 0.5) is 5.95 Å². The second-order valence-corrected chi connectivity index (χ2v) is 5.40. The zero-order valence-corrected chi connectivity index (χ0v) is 11.8. The second-order valence-electron chi connectivity index (χ2n) is 4.49. The van der Waals surface area contributed by atoms with E-state index in [9.17, 15) is 0 Å². The maximum atomic E-state index is 4.46. The molecule has 1 N–H and O–H groups in total. The van der Waals surface area contributed by atoms with Crippen molar-refractivity contribution in [1.82, 2.24) is 15.0 Å². The van der Waals surface area contributed by atoms with Gasteiger partial charge in [-0.25, -0.2) is 9.99 Å². The van der Waals surface area contributed by atoms with Gasteiger partial charge in [0.2, 0.25) is 5.95 Å². The number of rotatable bonds is 2. The number of H-pyrrole nitrogens is 1. The molecule has 1 aromatic carbocycles. The van der Waals surface area contributed by atoms with Crippen molar-refractivity contribution >= 4 is 21.9 Å². The third-order valence-corrected chi connectivity index (χ3v) is 3.75. The molecule has 1 aromatic heterocycles. The maximum absolute atomic E-state index is 4.46. The molecule has 18 heavy (non-hydrogen) atoms. The topological polar surface area (TPSA) is 35.2 Å². The van der Waals surface area contributed by atoms with Gasteiger partial charge in [-0.05, 0) is 24.1 Å².